The zero-order valence-corrected chi connectivity index (χ0v) is 9.64. The summed E-state index contributed by atoms with van der Waals surface area (Å²) in [5.74, 6) is 0. The molecule has 0 saturated heterocycles. The van der Waals surface area contributed by atoms with Gasteiger partial charge in [0.1, 0.15) is 5.01 Å². The van der Waals surface area contributed by atoms with Crippen molar-refractivity contribution in [3.8, 4) is 10.6 Å². The second-order valence-electron chi connectivity index (χ2n) is 3.56. The summed E-state index contributed by atoms with van der Waals surface area (Å²) < 4.78 is 0. The standard InChI is InChI=1S/C12H13NOS/c1-8-4-3-5-10(6-8)12-13-9(2)11(7-14)15-12/h3-6,14H,7H2,1-2H3. The van der Waals surface area contributed by atoms with Gasteiger partial charge in [-0.15, -0.1) is 11.3 Å². The van der Waals surface area contributed by atoms with Gasteiger partial charge in [-0.2, -0.15) is 0 Å². The Kier molecular flexibility index (Phi) is 2.84. The molecule has 2 aromatic rings. The molecule has 0 unspecified atom stereocenters. The lowest BCUT2D eigenvalue weighted by molar-refractivity contribution is 0.284. The van der Waals surface area contributed by atoms with Crippen molar-refractivity contribution in [3.63, 3.8) is 0 Å². The number of aryl methyl sites for hydroxylation is 2. The first-order chi connectivity index (χ1) is 7.20. The molecule has 0 amide bonds. The van der Waals surface area contributed by atoms with Gasteiger partial charge in [0.15, 0.2) is 0 Å². The van der Waals surface area contributed by atoms with Crippen LogP contribution >= 0.6 is 11.3 Å². The van der Waals surface area contributed by atoms with Crippen molar-refractivity contribution in [1.82, 2.24) is 4.98 Å². The van der Waals surface area contributed by atoms with Crippen molar-refractivity contribution >= 4 is 11.3 Å². The third-order valence-electron chi connectivity index (χ3n) is 2.30. The van der Waals surface area contributed by atoms with E-state index in [1.807, 2.05) is 19.1 Å². The van der Waals surface area contributed by atoms with E-state index >= 15 is 0 Å². The second kappa shape index (κ2) is 4.13. The average molecular weight is 219 g/mol. The zero-order valence-electron chi connectivity index (χ0n) is 8.82. The van der Waals surface area contributed by atoms with Crippen LogP contribution in [0.4, 0.5) is 0 Å². The minimum Gasteiger partial charge on any atom is -0.391 e. The van der Waals surface area contributed by atoms with Crippen LogP contribution in [-0.2, 0) is 6.61 Å². The van der Waals surface area contributed by atoms with Gasteiger partial charge in [0, 0.05) is 5.56 Å². The summed E-state index contributed by atoms with van der Waals surface area (Å²) in [4.78, 5) is 5.40. The predicted octanol–water partition coefficient (Wildman–Crippen LogP) is 2.92. The Morgan fingerprint density at radius 3 is 2.73 bits per heavy atom. The van der Waals surface area contributed by atoms with E-state index in [9.17, 15) is 0 Å². The number of hydrogen-bond donors (Lipinski definition) is 1. The maximum Gasteiger partial charge on any atom is 0.123 e. The van der Waals surface area contributed by atoms with Crippen LogP contribution in [0.25, 0.3) is 10.6 Å². The number of aliphatic hydroxyl groups is 1. The molecule has 1 aromatic carbocycles. The maximum absolute atomic E-state index is 9.10. The molecular formula is C12H13NOS. The van der Waals surface area contributed by atoms with Gasteiger partial charge < -0.3 is 5.11 Å². The Labute approximate surface area is 93.2 Å². The van der Waals surface area contributed by atoms with Crippen molar-refractivity contribution in [2.75, 3.05) is 0 Å². The number of aromatic nitrogens is 1. The molecule has 0 fully saturated rings. The molecule has 0 radical (unpaired) electrons. The molecule has 0 aliphatic heterocycles. The molecule has 1 heterocycles. The molecule has 2 rings (SSSR count). The summed E-state index contributed by atoms with van der Waals surface area (Å²) in [6, 6.07) is 8.25. The molecule has 2 nitrogen and oxygen atoms in total. The molecule has 15 heavy (non-hydrogen) atoms. The normalized spacial score (nSPS) is 10.6. The summed E-state index contributed by atoms with van der Waals surface area (Å²) in [6.07, 6.45) is 0. The fourth-order valence-corrected chi connectivity index (χ4v) is 2.39. The van der Waals surface area contributed by atoms with Crippen LogP contribution in [0.3, 0.4) is 0 Å². The van der Waals surface area contributed by atoms with Crippen LogP contribution < -0.4 is 0 Å². The van der Waals surface area contributed by atoms with Crippen LogP contribution in [-0.4, -0.2) is 10.1 Å². The van der Waals surface area contributed by atoms with Gasteiger partial charge >= 0.3 is 0 Å². The van der Waals surface area contributed by atoms with E-state index in [1.165, 1.54) is 5.56 Å². The van der Waals surface area contributed by atoms with Crippen molar-refractivity contribution < 1.29 is 5.11 Å². The van der Waals surface area contributed by atoms with Gasteiger partial charge in [-0.3, -0.25) is 0 Å². The van der Waals surface area contributed by atoms with Gasteiger partial charge in [-0.1, -0.05) is 23.8 Å². The number of nitrogens with zero attached hydrogens (tertiary/aromatic N) is 1. The maximum atomic E-state index is 9.10. The fourth-order valence-electron chi connectivity index (χ4n) is 1.48. The van der Waals surface area contributed by atoms with Crippen molar-refractivity contribution in [2.24, 2.45) is 0 Å². The Morgan fingerprint density at radius 2 is 2.13 bits per heavy atom. The van der Waals surface area contributed by atoms with E-state index < -0.39 is 0 Å². The van der Waals surface area contributed by atoms with Crippen LogP contribution in [0, 0.1) is 13.8 Å². The highest BCUT2D eigenvalue weighted by atomic mass is 32.1. The van der Waals surface area contributed by atoms with Gasteiger partial charge in [0.25, 0.3) is 0 Å². The van der Waals surface area contributed by atoms with Gasteiger partial charge in [-0.25, -0.2) is 4.98 Å². The first-order valence-electron chi connectivity index (χ1n) is 4.85. The summed E-state index contributed by atoms with van der Waals surface area (Å²) in [6.45, 7) is 4.08. The number of thiazole rings is 1. The van der Waals surface area contributed by atoms with Crippen molar-refractivity contribution in [2.45, 2.75) is 20.5 Å². The molecule has 0 saturated carbocycles. The van der Waals surface area contributed by atoms with E-state index in [-0.39, 0.29) is 6.61 Å². The fraction of sp³-hybridized carbons (Fsp3) is 0.250. The number of aliphatic hydroxyl groups excluding tert-OH is 1. The van der Waals surface area contributed by atoms with Gasteiger partial charge in [-0.05, 0) is 19.9 Å². The molecule has 0 aliphatic rings. The highest BCUT2D eigenvalue weighted by Gasteiger charge is 2.08. The molecule has 0 bridgehead atoms. The molecular weight excluding hydrogens is 206 g/mol. The Bertz CT molecular complexity index is 476. The molecule has 78 valence electrons. The predicted molar refractivity (Wildman–Crippen MR) is 62.9 cm³/mol. The molecule has 0 spiro atoms. The number of hydrogen-bond acceptors (Lipinski definition) is 3. The smallest absolute Gasteiger partial charge is 0.123 e. The molecule has 1 N–H and O–H groups in total. The Morgan fingerprint density at radius 1 is 1.33 bits per heavy atom. The zero-order chi connectivity index (χ0) is 10.8. The highest BCUT2D eigenvalue weighted by molar-refractivity contribution is 7.15. The molecule has 1 aromatic heterocycles. The van der Waals surface area contributed by atoms with E-state index in [0.29, 0.717) is 0 Å². The lowest BCUT2D eigenvalue weighted by atomic mass is 10.1. The lowest BCUT2D eigenvalue weighted by Gasteiger charge is -1.96. The van der Waals surface area contributed by atoms with E-state index in [0.717, 1.165) is 21.1 Å². The van der Waals surface area contributed by atoms with Crippen LogP contribution in [0.5, 0.6) is 0 Å². The third-order valence-corrected chi connectivity index (χ3v) is 3.49. The Balaban J connectivity index is 2.45. The number of rotatable bonds is 2. The van der Waals surface area contributed by atoms with E-state index in [2.05, 4.69) is 24.0 Å². The largest absolute Gasteiger partial charge is 0.391 e. The average Bonchev–Trinajstić information content (AvgIpc) is 2.60. The third kappa shape index (κ3) is 2.08. The van der Waals surface area contributed by atoms with Crippen molar-refractivity contribution in [1.29, 1.82) is 0 Å². The summed E-state index contributed by atoms with van der Waals surface area (Å²) >= 11 is 1.56. The number of benzene rings is 1. The first-order valence-corrected chi connectivity index (χ1v) is 5.66. The monoisotopic (exact) mass is 219 g/mol. The van der Waals surface area contributed by atoms with Crippen molar-refractivity contribution in [3.05, 3.63) is 40.4 Å². The summed E-state index contributed by atoms with van der Waals surface area (Å²) in [5.41, 5.74) is 3.28. The quantitative estimate of drug-likeness (QED) is 0.842. The highest BCUT2D eigenvalue weighted by Crippen LogP contribution is 2.28. The van der Waals surface area contributed by atoms with Gasteiger partial charge in [0.2, 0.25) is 0 Å². The Hall–Kier alpha value is -1.19. The van der Waals surface area contributed by atoms with Crippen LogP contribution in [0.15, 0.2) is 24.3 Å². The second-order valence-corrected chi connectivity index (χ2v) is 4.64. The summed E-state index contributed by atoms with van der Waals surface area (Å²) in [7, 11) is 0. The van der Waals surface area contributed by atoms with Crippen LogP contribution in [0.1, 0.15) is 16.1 Å². The summed E-state index contributed by atoms with van der Waals surface area (Å²) in [5, 5.41) is 10.1. The first kappa shape index (κ1) is 10.3. The molecule has 3 heteroatoms. The van der Waals surface area contributed by atoms with E-state index in [1.54, 1.807) is 11.3 Å². The topological polar surface area (TPSA) is 33.1 Å². The minimum atomic E-state index is 0.0787. The minimum absolute atomic E-state index is 0.0787. The lowest BCUT2D eigenvalue weighted by Crippen LogP contribution is -1.81. The van der Waals surface area contributed by atoms with Crippen LogP contribution in [0.2, 0.25) is 0 Å². The SMILES string of the molecule is Cc1cccc(-c2nc(C)c(CO)s2)c1. The van der Waals surface area contributed by atoms with Gasteiger partial charge in [0.05, 0.1) is 17.2 Å². The van der Waals surface area contributed by atoms with E-state index in [4.69, 9.17) is 5.11 Å². The molecule has 0 atom stereocenters. The molecule has 0 aliphatic carbocycles.